The number of anilines is 1. The summed E-state index contributed by atoms with van der Waals surface area (Å²) in [6, 6.07) is 7.10. The lowest BCUT2D eigenvalue weighted by atomic mass is 9.95. The van der Waals surface area contributed by atoms with Crippen molar-refractivity contribution >= 4 is 22.6 Å². The number of carbonyl (C=O) groups excluding carboxylic acids is 1. The number of nitrogens with zero attached hydrogens (tertiary/aromatic N) is 3. The molecule has 1 fully saturated rings. The predicted molar refractivity (Wildman–Crippen MR) is 112 cm³/mol. The molecule has 1 aromatic carbocycles. The van der Waals surface area contributed by atoms with Gasteiger partial charge < -0.3 is 5.32 Å². The molecular formula is C22H21F3N4O3. The first kappa shape index (κ1) is 21.8. The second-order valence-electron chi connectivity index (χ2n) is 7.84. The Hall–Kier alpha value is -3.43. The van der Waals surface area contributed by atoms with Crippen molar-refractivity contribution < 1.29 is 18.0 Å². The van der Waals surface area contributed by atoms with Gasteiger partial charge in [-0.25, -0.2) is 9.78 Å². The fourth-order valence-electron chi connectivity index (χ4n) is 4.14. The van der Waals surface area contributed by atoms with Gasteiger partial charge in [0, 0.05) is 17.9 Å². The number of nitrogens with one attached hydrogen (secondary N) is 1. The monoisotopic (exact) mass is 446 g/mol. The van der Waals surface area contributed by atoms with E-state index in [9.17, 15) is 27.6 Å². The quantitative estimate of drug-likeness (QED) is 0.662. The Morgan fingerprint density at radius 1 is 1.09 bits per heavy atom. The standard InChI is InChI=1S/C22H21F3N4O3/c23-22(24,25)14-6-4-7-15(12-14)27-18(30)13-28-19-17(10-5-11-26-19)20(31)29(21(28)32)16-8-2-1-3-9-16/h4-7,10-12,16H,1-3,8-9,13H2,(H,27,30). The molecule has 0 radical (unpaired) electrons. The van der Waals surface area contributed by atoms with Crippen LogP contribution in [-0.4, -0.2) is 20.0 Å². The summed E-state index contributed by atoms with van der Waals surface area (Å²) in [6.07, 6.45) is 1.08. The van der Waals surface area contributed by atoms with Crippen molar-refractivity contribution in [3.05, 3.63) is 69.0 Å². The summed E-state index contributed by atoms with van der Waals surface area (Å²) in [7, 11) is 0. The second kappa shape index (κ2) is 8.60. The molecule has 0 aliphatic heterocycles. The summed E-state index contributed by atoms with van der Waals surface area (Å²) in [5.74, 6) is -0.702. The predicted octanol–water partition coefficient (Wildman–Crippen LogP) is 3.72. The molecule has 2 aromatic heterocycles. The average molecular weight is 446 g/mol. The van der Waals surface area contributed by atoms with Gasteiger partial charge in [-0.15, -0.1) is 0 Å². The summed E-state index contributed by atoms with van der Waals surface area (Å²) in [5.41, 5.74) is -1.97. The van der Waals surface area contributed by atoms with Crippen LogP contribution in [0.3, 0.4) is 0 Å². The van der Waals surface area contributed by atoms with Crippen molar-refractivity contribution in [2.45, 2.75) is 50.9 Å². The first-order valence-electron chi connectivity index (χ1n) is 10.3. The normalized spacial score (nSPS) is 15.1. The SMILES string of the molecule is O=C(Cn1c(=O)n(C2CCCCC2)c(=O)c2cccnc21)Nc1cccc(C(F)(F)F)c1. The molecule has 1 aliphatic carbocycles. The molecule has 0 spiro atoms. The van der Waals surface area contributed by atoms with E-state index in [2.05, 4.69) is 10.3 Å². The minimum absolute atomic E-state index is 0.0456. The number of pyridine rings is 1. The molecule has 7 nitrogen and oxygen atoms in total. The minimum atomic E-state index is -4.55. The molecule has 0 atom stereocenters. The summed E-state index contributed by atoms with van der Waals surface area (Å²) in [6.45, 7) is -0.490. The van der Waals surface area contributed by atoms with Gasteiger partial charge in [0.2, 0.25) is 5.91 Å². The number of hydrogen-bond acceptors (Lipinski definition) is 4. The zero-order valence-corrected chi connectivity index (χ0v) is 17.1. The van der Waals surface area contributed by atoms with E-state index in [0.717, 1.165) is 36.0 Å². The molecule has 0 bridgehead atoms. The lowest BCUT2D eigenvalue weighted by Gasteiger charge is -2.24. The van der Waals surface area contributed by atoms with Crippen LogP contribution in [0.25, 0.3) is 11.0 Å². The number of alkyl halides is 3. The van der Waals surface area contributed by atoms with Crippen molar-refractivity contribution in [1.82, 2.24) is 14.1 Å². The maximum atomic E-state index is 13.2. The van der Waals surface area contributed by atoms with Gasteiger partial charge in [-0.3, -0.25) is 18.7 Å². The number of fused-ring (bicyclic) bond motifs is 1. The van der Waals surface area contributed by atoms with Crippen molar-refractivity contribution in [2.24, 2.45) is 0 Å². The van der Waals surface area contributed by atoms with E-state index in [-0.39, 0.29) is 22.8 Å². The van der Waals surface area contributed by atoms with Gasteiger partial charge in [-0.05, 0) is 43.2 Å². The van der Waals surface area contributed by atoms with Gasteiger partial charge in [0.25, 0.3) is 5.56 Å². The van der Waals surface area contributed by atoms with Crippen LogP contribution in [0.15, 0.2) is 52.2 Å². The van der Waals surface area contributed by atoms with Crippen LogP contribution in [0, 0.1) is 0 Å². The third-order valence-corrected chi connectivity index (χ3v) is 5.64. The number of aromatic nitrogens is 3. The zero-order chi connectivity index (χ0) is 22.9. The molecule has 32 heavy (non-hydrogen) atoms. The molecule has 168 valence electrons. The minimum Gasteiger partial charge on any atom is -0.325 e. The first-order chi connectivity index (χ1) is 15.3. The van der Waals surface area contributed by atoms with Crippen molar-refractivity contribution in [2.75, 3.05) is 5.32 Å². The molecule has 10 heteroatoms. The van der Waals surface area contributed by atoms with E-state index in [1.807, 2.05) is 0 Å². The van der Waals surface area contributed by atoms with E-state index in [1.54, 1.807) is 12.1 Å². The number of amides is 1. The molecule has 1 aliphatic rings. The molecule has 4 rings (SSSR count). The lowest BCUT2D eigenvalue weighted by molar-refractivity contribution is -0.137. The van der Waals surface area contributed by atoms with Gasteiger partial charge in [0.1, 0.15) is 12.2 Å². The van der Waals surface area contributed by atoms with Crippen LogP contribution in [0.2, 0.25) is 0 Å². The van der Waals surface area contributed by atoms with Gasteiger partial charge >= 0.3 is 11.9 Å². The number of halogens is 3. The van der Waals surface area contributed by atoms with E-state index in [1.165, 1.54) is 22.9 Å². The Labute approximate surface area is 180 Å². The molecule has 3 aromatic rings. The Kier molecular flexibility index (Phi) is 5.86. The van der Waals surface area contributed by atoms with Crippen LogP contribution >= 0.6 is 0 Å². The number of hydrogen-bond donors (Lipinski definition) is 1. The summed E-state index contributed by atoms with van der Waals surface area (Å²) in [5, 5.41) is 2.61. The van der Waals surface area contributed by atoms with Crippen LogP contribution < -0.4 is 16.6 Å². The van der Waals surface area contributed by atoms with Gasteiger partial charge in [-0.2, -0.15) is 13.2 Å². The first-order valence-corrected chi connectivity index (χ1v) is 10.3. The van der Waals surface area contributed by atoms with E-state index in [4.69, 9.17) is 0 Å². The van der Waals surface area contributed by atoms with E-state index >= 15 is 0 Å². The maximum absolute atomic E-state index is 13.2. The maximum Gasteiger partial charge on any atom is 0.416 e. The molecular weight excluding hydrogens is 425 g/mol. The van der Waals surface area contributed by atoms with Crippen LogP contribution in [-0.2, 0) is 17.5 Å². The molecule has 0 unspecified atom stereocenters. The van der Waals surface area contributed by atoms with Crippen LogP contribution in [0.4, 0.5) is 18.9 Å². The van der Waals surface area contributed by atoms with Crippen LogP contribution in [0.1, 0.15) is 43.7 Å². The van der Waals surface area contributed by atoms with Crippen molar-refractivity contribution in [3.8, 4) is 0 Å². The highest BCUT2D eigenvalue weighted by Gasteiger charge is 2.30. The molecule has 0 saturated heterocycles. The fraction of sp³-hybridized carbons (Fsp3) is 0.364. The number of rotatable bonds is 4. The van der Waals surface area contributed by atoms with Crippen molar-refractivity contribution in [3.63, 3.8) is 0 Å². The molecule has 2 heterocycles. The number of benzene rings is 1. The largest absolute Gasteiger partial charge is 0.416 e. The van der Waals surface area contributed by atoms with Gasteiger partial charge in [-0.1, -0.05) is 25.3 Å². The van der Waals surface area contributed by atoms with Crippen LogP contribution in [0.5, 0.6) is 0 Å². The molecule has 1 N–H and O–H groups in total. The topological polar surface area (TPSA) is 86.0 Å². The zero-order valence-electron chi connectivity index (χ0n) is 17.1. The average Bonchev–Trinajstić information content (AvgIpc) is 2.77. The smallest absolute Gasteiger partial charge is 0.325 e. The van der Waals surface area contributed by atoms with Gasteiger partial charge in [0.15, 0.2) is 0 Å². The Morgan fingerprint density at radius 2 is 1.84 bits per heavy atom. The third-order valence-electron chi connectivity index (χ3n) is 5.64. The third kappa shape index (κ3) is 4.30. The Balaban J connectivity index is 1.70. The summed E-state index contributed by atoms with van der Waals surface area (Å²) in [4.78, 5) is 43.0. The fourth-order valence-corrected chi connectivity index (χ4v) is 4.14. The summed E-state index contributed by atoms with van der Waals surface area (Å²) >= 11 is 0. The van der Waals surface area contributed by atoms with Gasteiger partial charge in [0.05, 0.1) is 10.9 Å². The lowest BCUT2D eigenvalue weighted by Crippen LogP contribution is -2.44. The van der Waals surface area contributed by atoms with E-state index in [0.29, 0.717) is 12.8 Å². The van der Waals surface area contributed by atoms with Crippen molar-refractivity contribution in [1.29, 1.82) is 0 Å². The second-order valence-corrected chi connectivity index (χ2v) is 7.84. The highest BCUT2D eigenvalue weighted by molar-refractivity contribution is 5.91. The Bertz CT molecular complexity index is 1270. The number of carbonyl (C=O) groups is 1. The highest BCUT2D eigenvalue weighted by Crippen LogP contribution is 2.30. The Morgan fingerprint density at radius 3 is 2.56 bits per heavy atom. The van der Waals surface area contributed by atoms with E-state index < -0.39 is 35.4 Å². The summed E-state index contributed by atoms with van der Waals surface area (Å²) < 4.78 is 41.1. The highest BCUT2D eigenvalue weighted by atomic mass is 19.4. The molecule has 1 amide bonds. The molecule has 1 saturated carbocycles.